The zero-order valence-electron chi connectivity index (χ0n) is 64.4. The number of hydrogen-bond donors (Lipinski definition) is 9. The van der Waals surface area contributed by atoms with Crippen molar-refractivity contribution in [1.82, 2.24) is 50.4 Å². The van der Waals surface area contributed by atoms with Gasteiger partial charge < -0.3 is 66.1 Å². The Morgan fingerprint density at radius 2 is 1.50 bits per heavy atom. The van der Waals surface area contributed by atoms with Gasteiger partial charge >= 0.3 is 24.1 Å². The molecule has 10 N–H and O–H groups in total. The second-order valence-electron chi connectivity index (χ2n) is 31.6. The number of imide groups is 1. The number of urea groups is 1. The lowest BCUT2D eigenvalue weighted by Gasteiger charge is -2.69. The number of benzene rings is 3. The van der Waals surface area contributed by atoms with Crippen molar-refractivity contribution >= 4 is 108 Å². The minimum absolute atomic E-state index is 0.0135. The first-order valence-electron chi connectivity index (χ1n) is 38.1. The number of aromatic nitrogens is 4. The Morgan fingerprint density at radius 3 is 2.19 bits per heavy atom. The number of unbranched alkanes of at least 4 members (excludes halogenated alkanes) is 2. The summed E-state index contributed by atoms with van der Waals surface area (Å²) in [4.78, 5) is 145. The SMILES string of the molecule is Cc1c(-c2ccc(N3CCc4c(OCCN(CCC(=O)O)C(=O)OCc5ccc(NC(=O)[C@H](CCCNC(N)=O)NC(=O)[C@@H](NC(=O)CCCCCN6C(=O)C=CC6=O)C(C)C)cc5)ccc(C(=O)Nc5nc6ccccc6s5)c4C3)nc2C(=O)O)cnn1CC12CC3(C)CC(C)(C1)CC(OCCN(C)CCS(=O)(=O)O)(C3)C2. The highest BCUT2D eigenvalue weighted by atomic mass is 32.2. The predicted molar refractivity (Wildman–Crippen MR) is 419 cm³/mol. The number of carbonyl (C=O) groups excluding carboxylic acids is 8. The fraction of sp³-hybridized carbons (Fsp3) is 0.506. The van der Waals surface area contributed by atoms with Crippen molar-refractivity contribution in [2.24, 2.45) is 27.9 Å². The standard InChI is InChI=1S/C79H100N14O18S2/c1-49(2)67(87-63(94)16-8-7-11-30-92-64(95)25-26-65(92)96)71(101)84-59(14-12-29-81-73(80)104)70(100)83-52-19-17-51(18-20-52)41-110-75(105)90(32-28-66(97)98)34-36-109-60-23-21-55(69(99)88-74-85-58-13-9-10-15-61(58)112-74)57-40-91(31-27-53(57)60)62-24-22-54(68(86-62)72(102)103)56-39-82-93(50(56)3)48-78-43-76(4)42-77(5,44-78)46-79(45-76,47-78)111-37-33-89(6)35-38-113(106,107)108/h9-10,13,15,17-26,39,49,59,67H,7-8,11-12,14,16,27-38,40-48H2,1-6H3,(H,83,100)(H,84,101)(H,87,94)(H,97,98)(H,102,103)(H3,80,81,104)(H,85,88,99)(H,106,107,108)/t59-,67-,76?,77?,78?,79?/m0/s1. The summed E-state index contributed by atoms with van der Waals surface area (Å²) in [6, 6.07) is 17.6. The van der Waals surface area contributed by atoms with Crippen LogP contribution in [-0.2, 0) is 74.5 Å². The molecule has 4 atom stereocenters. The van der Waals surface area contributed by atoms with Gasteiger partial charge in [0, 0.05) is 105 Å². The Bertz CT molecular complexity index is 4670. The molecule has 2 unspecified atom stereocenters. The highest BCUT2D eigenvalue weighted by molar-refractivity contribution is 7.85. The number of nitrogens with two attached hydrogens (primary N) is 1. The van der Waals surface area contributed by atoms with Gasteiger partial charge in [-0.15, -0.1) is 0 Å². The lowest BCUT2D eigenvalue weighted by atomic mass is 9.39. The van der Waals surface area contributed by atoms with Gasteiger partial charge in [-0.3, -0.25) is 53.0 Å². The number of carboxylic acid groups (broad SMARTS) is 2. The van der Waals surface area contributed by atoms with E-state index in [4.69, 9.17) is 30.0 Å². The molecule has 2 aliphatic heterocycles. The lowest BCUT2D eigenvalue weighted by Crippen LogP contribution is -2.64. The maximum atomic E-state index is 14.5. The van der Waals surface area contributed by atoms with Gasteiger partial charge in [-0.05, 0) is 166 Å². The smallest absolute Gasteiger partial charge is 0.410 e. The third kappa shape index (κ3) is 21.5. The van der Waals surface area contributed by atoms with Crippen molar-refractivity contribution in [2.45, 2.75) is 162 Å². The monoisotopic (exact) mass is 1600 g/mol. The Labute approximate surface area is 659 Å². The maximum Gasteiger partial charge on any atom is 0.410 e. The molecule has 6 aromatic rings. The first kappa shape index (κ1) is 83.5. The summed E-state index contributed by atoms with van der Waals surface area (Å²) in [6.45, 7) is 11.7. The largest absolute Gasteiger partial charge is 0.491 e. The van der Waals surface area contributed by atoms with E-state index in [0.717, 1.165) is 53.8 Å². The molecular weight excluding hydrogens is 1500 g/mol. The Kier molecular flexibility index (Phi) is 26.4. The van der Waals surface area contributed by atoms with Crippen molar-refractivity contribution in [2.75, 3.05) is 87.4 Å². The van der Waals surface area contributed by atoms with E-state index in [1.807, 2.05) is 52.7 Å². The summed E-state index contributed by atoms with van der Waals surface area (Å²) < 4.78 is 54.1. The molecule has 3 aromatic heterocycles. The zero-order chi connectivity index (χ0) is 81.2. The number of aromatic carboxylic acids is 1. The molecule has 5 heterocycles. The van der Waals surface area contributed by atoms with E-state index >= 15 is 0 Å². The highest BCUT2D eigenvalue weighted by Crippen LogP contribution is 2.72. The van der Waals surface area contributed by atoms with E-state index < -0.39 is 82.2 Å². The average molecular weight is 1600 g/mol. The molecule has 3 aromatic carbocycles. The van der Waals surface area contributed by atoms with Crippen LogP contribution in [0.2, 0.25) is 0 Å². The number of nitrogens with one attached hydrogen (secondary N) is 5. The molecule has 4 fully saturated rings. The minimum Gasteiger partial charge on any atom is -0.491 e. The third-order valence-corrected chi connectivity index (χ3v) is 23.4. The molecule has 0 saturated heterocycles. The molecule has 4 aliphatic carbocycles. The Balaban J connectivity index is 0.736. The number of aliphatic carboxylic acids is 1. The number of ether oxygens (including phenoxy) is 3. The number of pyridine rings is 1. The fourth-order valence-electron chi connectivity index (χ4n) is 17.6. The van der Waals surface area contributed by atoms with Gasteiger partial charge in [-0.25, -0.2) is 24.4 Å². The number of anilines is 3. The van der Waals surface area contributed by atoms with Gasteiger partial charge in [0.25, 0.3) is 27.8 Å². The molecule has 4 bridgehead atoms. The minimum atomic E-state index is -4.10. The topological polar surface area (TPSA) is 436 Å². The van der Waals surface area contributed by atoms with Crippen LogP contribution >= 0.6 is 11.3 Å². The van der Waals surface area contributed by atoms with Gasteiger partial charge in [0.2, 0.25) is 17.7 Å². The number of fused-ring (bicyclic) bond motifs is 2. The molecular formula is C79H100N14O18S2. The van der Waals surface area contributed by atoms with Crippen LogP contribution < -0.4 is 42.0 Å². The summed E-state index contributed by atoms with van der Waals surface area (Å²) >= 11 is 1.31. The van der Waals surface area contributed by atoms with Crippen molar-refractivity contribution in [3.8, 4) is 16.9 Å². The van der Waals surface area contributed by atoms with Crippen LogP contribution in [0.5, 0.6) is 5.75 Å². The van der Waals surface area contributed by atoms with Crippen molar-refractivity contribution in [1.29, 1.82) is 0 Å². The van der Waals surface area contributed by atoms with E-state index in [2.05, 4.69) is 45.4 Å². The summed E-state index contributed by atoms with van der Waals surface area (Å²) in [5, 5.41) is 39.7. The van der Waals surface area contributed by atoms with Gasteiger partial charge in [0.1, 0.15) is 36.9 Å². The van der Waals surface area contributed by atoms with Gasteiger partial charge in [-0.2, -0.15) is 13.5 Å². The molecule has 606 valence electrons. The van der Waals surface area contributed by atoms with Gasteiger partial charge in [0.05, 0.1) is 47.3 Å². The van der Waals surface area contributed by atoms with Gasteiger partial charge in [-0.1, -0.05) is 69.7 Å². The number of thiazole rings is 1. The molecule has 12 rings (SSSR count). The normalized spacial score (nSPS) is 20.1. The number of para-hydroxylation sites is 1. The summed E-state index contributed by atoms with van der Waals surface area (Å²) in [5.74, 6) is -5.30. The van der Waals surface area contributed by atoms with E-state index in [0.29, 0.717) is 113 Å². The predicted octanol–water partition coefficient (Wildman–Crippen LogP) is 8.32. The highest BCUT2D eigenvalue weighted by Gasteiger charge is 2.66. The number of primary amides is 1. The number of hydrogen-bond acceptors (Lipinski definition) is 21. The van der Waals surface area contributed by atoms with E-state index in [1.54, 1.807) is 68.6 Å². The number of likely N-dealkylation sites (N-methyl/N-ethyl adjacent to an activating group) is 1. The molecule has 4 saturated carbocycles. The lowest BCUT2D eigenvalue weighted by molar-refractivity contribution is -0.248. The molecule has 0 spiro atoms. The second-order valence-corrected chi connectivity index (χ2v) is 34.2. The average Bonchev–Trinajstić information content (AvgIpc) is 1.11. The number of amides is 9. The molecule has 32 nitrogen and oxygen atoms in total. The Morgan fingerprint density at radius 1 is 0.770 bits per heavy atom. The summed E-state index contributed by atoms with van der Waals surface area (Å²) in [6.07, 6.45) is 10.6. The van der Waals surface area contributed by atoms with Gasteiger partial charge in [0.15, 0.2) is 10.8 Å². The molecule has 9 amide bonds. The maximum absolute atomic E-state index is 14.5. The molecule has 113 heavy (non-hydrogen) atoms. The summed E-state index contributed by atoms with van der Waals surface area (Å²) in [5.41, 5.74) is 9.37. The van der Waals surface area contributed by atoms with Crippen LogP contribution in [0.4, 0.5) is 26.2 Å². The van der Waals surface area contributed by atoms with Crippen LogP contribution in [0, 0.1) is 29.1 Å². The van der Waals surface area contributed by atoms with Crippen LogP contribution in [0.3, 0.4) is 0 Å². The second kappa shape index (κ2) is 35.7. The zero-order valence-corrected chi connectivity index (χ0v) is 66.1. The van der Waals surface area contributed by atoms with Crippen molar-refractivity contribution < 1.29 is 85.3 Å². The number of carbonyl (C=O) groups is 10. The molecule has 0 radical (unpaired) electrons. The van der Waals surface area contributed by atoms with Crippen molar-refractivity contribution in [3.63, 3.8) is 0 Å². The van der Waals surface area contributed by atoms with E-state index in [1.165, 1.54) is 28.4 Å². The third-order valence-electron chi connectivity index (χ3n) is 21.8. The quantitative estimate of drug-likeness (QED) is 0.00994. The molecule has 34 heteroatoms. The fourth-order valence-corrected chi connectivity index (χ4v) is 19.0. The van der Waals surface area contributed by atoms with Crippen LogP contribution in [0.1, 0.15) is 154 Å². The number of nitrogens with zero attached hydrogens (tertiary/aromatic N) is 8. The molecule has 6 aliphatic rings. The van der Waals surface area contributed by atoms with Crippen LogP contribution in [-0.4, -0.2) is 207 Å². The van der Waals surface area contributed by atoms with Crippen LogP contribution in [0.25, 0.3) is 21.3 Å². The Hall–Kier alpha value is -10.4. The number of carboxylic acids is 2. The van der Waals surface area contributed by atoms with Crippen molar-refractivity contribution in [3.05, 3.63) is 125 Å². The first-order valence-corrected chi connectivity index (χ1v) is 40.5. The number of rotatable bonds is 39. The van der Waals surface area contributed by atoms with E-state index in [-0.39, 0.29) is 117 Å². The first-order chi connectivity index (χ1) is 53.7. The summed E-state index contributed by atoms with van der Waals surface area (Å²) in [7, 11) is -2.29. The van der Waals surface area contributed by atoms with Crippen LogP contribution in [0.15, 0.2) is 91.1 Å². The van der Waals surface area contributed by atoms with E-state index in [9.17, 15) is 71.1 Å².